The molecule has 0 bridgehead atoms. The van der Waals surface area contributed by atoms with Gasteiger partial charge in [-0.2, -0.15) is 4.98 Å². The number of hydrogen-bond donors (Lipinski definition) is 1. The topological polar surface area (TPSA) is 71.3 Å². The molecule has 1 atom stereocenters. The maximum absolute atomic E-state index is 13.4. The van der Waals surface area contributed by atoms with Gasteiger partial charge in [0.15, 0.2) is 11.6 Å². The van der Waals surface area contributed by atoms with Crippen molar-refractivity contribution in [3.8, 4) is 11.4 Å². The molecule has 1 aliphatic heterocycles. The monoisotopic (exact) mass is 398 g/mol. The van der Waals surface area contributed by atoms with Crippen LogP contribution in [-0.2, 0) is 0 Å². The number of amides is 2. The van der Waals surface area contributed by atoms with Crippen molar-refractivity contribution in [2.75, 3.05) is 18.4 Å². The zero-order chi connectivity index (χ0) is 20.4. The van der Waals surface area contributed by atoms with E-state index in [-0.39, 0.29) is 17.6 Å². The van der Waals surface area contributed by atoms with E-state index in [1.54, 1.807) is 4.90 Å². The number of halogens is 2. The first-order valence-corrected chi connectivity index (χ1v) is 9.41. The third kappa shape index (κ3) is 4.26. The number of piperidine rings is 1. The van der Waals surface area contributed by atoms with Gasteiger partial charge in [-0.1, -0.05) is 28.9 Å². The van der Waals surface area contributed by atoms with Crippen LogP contribution in [0.1, 0.15) is 30.2 Å². The van der Waals surface area contributed by atoms with Gasteiger partial charge in [0.2, 0.25) is 11.7 Å². The van der Waals surface area contributed by atoms with Gasteiger partial charge in [-0.15, -0.1) is 0 Å². The summed E-state index contributed by atoms with van der Waals surface area (Å²) in [5.41, 5.74) is 2.19. The van der Waals surface area contributed by atoms with Crippen LogP contribution >= 0.6 is 0 Å². The van der Waals surface area contributed by atoms with Crippen molar-refractivity contribution in [2.45, 2.75) is 25.7 Å². The first-order valence-electron chi connectivity index (χ1n) is 9.41. The number of nitrogens with one attached hydrogen (secondary N) is 1. The van der Waals surface area contributed by atoms with Gasteiger partial charge in [0, 0.05) is 30.4 Å². The number of aromatic nitrogens is 2. The highest BCUT2D eigenvalue weighted by atomic mass is 19.2. The van der Waals surface area contributed by atoms with Crippen molar-refractivity contribution in [2.24, 2.45) is 0 Å². The molecule has 2 aromatic carbocycles. The van der Waals surface area contributed by atoms with Crippen LogP contribution in [0.15, 0.2) is 47.0 Å². The van der Waals surface area contributed by atoms with Crippen molar-refractivity contribution < 1.29 is 18.1 Å². The Bertz CT molecular complexity index is 1040. The molecule has 0 spiro atoms. The number of rotatable bonds is 3. The molecule has 150 valence electrons. The molecule has 0 saturated carbocycles. The highest BCUT2D eigenvalue weighted by Crippen LogP contribution is 2.28. The Morgan fingerprint density at radius 3 is 2.86 bits per heavy atom. The lowest BCUT2D eigenvalue weighted by molar-refractivity contribution is 0.184. The Hall–Kier alpha value is -3.29. The van der Waals surface area contributed by atoms with Crippen LogP contribution < -0.4 is 5.32 Å². The van der Waals surface area contributed by atoms with Crippen LogP contribution in [0.2, 0.25) is 0 Å². The van der Waals surface area contributed by atoms with Crippen LogP contribution in [0.5, 0.6) is 0 Å². The Labute approximate surface area is 166 Å². The Morgan fingerprint density at radius 2 is 2.07 bits per heavy atom. The summed E-state index contributed by atoms with van der Waals surface area (Å²) in [5, 5.41) is 6.68. The number of carbonyl (C=O) groups is 1. The van der Waals surface area contributed by atoms with Crippen LogP contribution in [0.4, 0.5) is 19.3 Å². The average Bonchev–Trinajstić information content (AvgIpc) is 3.21. The Kier molecular flexibility index (Phi) is 5.24. The van der Waals surface area contributed by atoms with Gasteiger partial charge in [0.05, 0.1) is 5.92 Å². The maximum atomic E-state index is 13.4. The predicted octanol–water partition coefficient (Wildman–Crippen LogP) is 4.73. The number of likely N-dealkylation sites (tertiary alicyclic amines) is 1. The summed E-state index contributed by atoms with van der Waals surface area (Å²) in [4.78, 5) is 18.7. The summed E-state index contributed by atoms with van der Waals surface area (Å²) in [6.45, 7) is 2.96. The number of benzene rings is 2. The van der Waals surface area contributed by atoms with E-state index in [2.05, 4.69) is 15.5 Å². The van der Waals surface area contributed by atoms with Gasteiger partial charge in [-0.3, -0.25) is 0 Å². The minimum atomic E-state index is -1.01. The summed E-state index contributed by atoms with van der Waals surface area (Å²) in [5.74, 6) is -1.03. The van der Waals surface area contributed by atoms with Gasteiger partial charge in [-0.05, 0) is 38.0 Å². The molecule has 1 N–H and O–H groups in total. The molecule has 0 aliphatic carbocycles. The van der Waals surface area contributed by atoms with E-state index in [0.29, 0.717) is 24.8 Å². The first kappa shape index (κ1) is 19.0. The Morgan fingerprint density at radius 1 is 1.21 bits per heavy atom. The Balaban J connectivity index is 1.44. The minimum Gasteiger partial charge on any atom is -0.339 e. The van der Waals surface area contributed by atoms with Gasteiger partial charge < -0.3 is 14.7 Å². The van der Waals surface area contributed by atoms with E-state index in [4.69, 9.17) is 4.52 Å². The molecule has 2 amide bonds. The summed E-state index contributed by atoms with van der Waals surface area (Å²) in [6, 6.07) is 10.7. The fourth-order valence-corrected chi connectivity index (χ4v) is 3.44. The van der Waals surface area contributed by atoms with E-state index in [1.165, 1.54) is 6.07 Å². The molecule has 4 rings (SSSR count). The highest BCUT2D eigenvalue weighted by molar-refractivity contribution is 5.89. The summed E-state index contributed by atoms with van der Waals surface area (Å²) < 4.78 is 31.9. The molecule has 1 saturated heterocycles. The largest absolute Gasteiger partial charge is 0.339 e. The number of nitrogens with zero attached hydrogens (tertiary/aromatic N) is 3. The van der Waals surface area contributed by atoms with Crippen LogP contribution in [0.25, 0.3) is 11.4 Å². The second kappa shape index (κ2) is 7.98. The average molecular weight is 398 g/mol. The lowest BCUT2D eigenvalue weighted by Gasteiger charge is -2.31. The second-order valence-electron chi connectivity index (χ2n) is 7.17. The quantitative estimate of drug-likeness (QED) is 0.692. The van der Waals surface area contributed by atoms with Crippen LogP contribution in [0, 0.1) is 18.6 Å². The molecule has 1 aliphatic rings. The number of carbonyl (C=O) groups excluding carboxylic acids is 1. The van der Waals surface area contributed by atoms with Gasteiger partial charge >= 0.3 is 6.03 Å². The standard InChI is InChI=1S/C21H20F2N4O2/c1-13-4-2-5-14(10-13)19-25-20(29-26-19)15-6-3-9-27(12-15)21(28)24-16-7-8-17(22)18(23)11-16/h2,4-5,7-8,10-11,15H,3,6,9,12H2,1H3,(H,24,28). The highest BCUT2D eigenvalue weighted by Gasteiger charge is 2.29. The zero-order valence-corrected chi connectivity index (χ0v) is 15.9. The molecule has 6 nitrogen and oxygen atoms in total. The number of hydrogen-bond acceptors (Lipinski definition) is 4. The summed E-state index contributed by atoms with van der Waals surface area (Å²) in [6.07, 6.45) is 1.60. The van der Waals surface area contributed by atoms with E-state index in [9.17, 15) is 13.6 Å². The molecule has 3 aromatic rings. The maximum Gasteiger partial charge on any atom is 0.321 e. The fraction of sp³-hybridized carbons (Fsp3) is 0.286. The van der Waals surface area contributed by atoms with E-state index >= 15 is 0 Å². The summed E-state index contributed by atoms with van der Waals surface area (Å²) >= 11 is 0. The van der Waals surface area contributed by atoms with Gasteiger partial charge in [0.25, 0.3) is 0 Å². The lowest BCUT2D eigenvalue weighted by Crippen LogP contribution is -2.41. The van der Waals surface area contributed by atoms with Crippen molar-refractivity contribution >= 4 is 11.7 Å². The smallest absolute Gasteiger partial charge is 0.321 e. The number of urea groups is 1. The third-order valence-corrected chi connectivity index (χ3v) is 4.95. The molecule has 29 heavy (non-hydrogen) atoms. The minimum absolute atomic E-state index is 0.0782. The predicted molar refractivity (Wildman–Crippen MR) is 103 cm³/mol. The van der Waals surface area contributed by atoms with E-state index in [0.717, 1.165) is 36.1 Å². The summed E-state index contributed by atoms with van der Waals surface area (Å²) in [7, 11) is 0. The third-order valence-electron chi connectivity index (χ3n) is 4.95. The molecule has 1 aromatic heterocycles. The van der Waals surface area contributed by atoms with Gasteiger partial charge in [-0.25, -0.2) is 13.6 Å². The van der Waals surface area contributed by atoms with Gasteiger partial charge in [0.1, 0.15) is 0 Å². The molecular formula is C21H20F2N4O2. The molecular weight excluding hydrogens is 378 g/mol. The van der Waals surface area contributed by atoms with Crippen molar-refractivity contribution in [3.05, 3.63) is 65.6 Å². The van der Waals surface area contributed by atoms with Crippen LogP contribution in [0.3, 0.4) is 0 Å². The van der Waals surface area contributed by atoms with E-state index in [1.807, 2.05) is 31.2 Å². The number of anilines is 1. The molecule has 1 unspecified atom stereocenters. The molecule has 1 fully saturated rings. The molecule has 2 heterocycles. The van der Waals surface area contributed by atoms with Crippen molar-refractivity contribution in [3.63, 3.8) is 0 Å². The number of aryl methyl sites for hydroxylation is 1. The fourth-order valence-electron chi connectivity index (χ4n) is 3.44. The normalized spacial score (nSPS) is 16.7. The SMILES string of the molecule is Cc1cccc(-c2noc(C3CCCN(C(=O)Nc4ccc(F)c(F)c4)C3)n2)c1. The van der Waals surface area contributed by atoms with Crippen molar-refractivity contribution in [1.29, 1.82) is 0 Å². The first-order chi connectivity index (χ1) is 14.0. The van der Waals surface area contributed by atoms with Crippen molar-refractivity contribution in [1.82, 2.24) is 15.0 Å². The molecule has 8 heteroatoms. The van der Waals surface area contributed by atoms with Crippen LogP contribution in [-0.4, -0.2) is 34.2 Å². The zero-order valence-electron chi connectivity index (χ0n) is 15.9. The lowest BCUT2D eigenvalue weighted by atomic mass is 9.98. The molecule has 0 radical (unpaired) electrons. The second-order valence-corrected chi connectivity index (χ2v) is 7.17. The van der Waals surface area contributed by atoms with E-state index < -0.39 is 11.6 Å².